The van der Waals surface area contributed by atoms with Gasteiger partial charge in [0, 0.05) is 34.4 Å². The fourth-order valence-electron chi connectivity index (χ4n) is 6.97. The van der Waals surface area contributed by atoms with Gasteiger partial charge in [-0.1, -0.05) is 90.7 Å². The molecule has 1 aliphatic carbocycles. The van der Waals surface area contributed by atoms with E-state index in [1.54, 1.807) is 6.20 Å². The molecule has 5 heteroatoms. The molecule has 1 aliphatic rings. The van der Waals surface area contributed by atoms with Gasteiger partial charge in [-0.3, -0.25) is 0 Å². The SMILES string of the molecule is [2H]C([2H])(c1cc(-c2[c-]cccc2)nc[c]1[Ge]([CH3])([CH3])[CH3])C(C)(C)C.[2H]C([2H])(c1ccnc(-c2[c-]ccc3c2oc2cc(-c4ccccc4)ccc23)c1)C1CCCC1.[Ir]. The van der Waals surface area contributed by atoms with Crippen molar-refractivity contribution in [2.75, 3.05) is 0 Å². The summed E-state index contributed by atoms with van der Waals surface area (Å²) < 4.78 is 42.6. The van der Waals surface area contributed by atoms with Crippen molar-refractivity contribution in [2.45, 2.75) is 76.5 Å². The Morgan fingerprint density at radius 2 is 1.57 bits per heavy atom. The van der Waals surface area contributed by atoms with E-state index < -0.39 is 31.4 Å². The molecule has 0 saturated heterocycles. The molecular formula is C48H50GeIrN2O-2. The van der Waals surface area contributed by atoms with E-state index in [1.165, 1.54) is 0 Å². The quantitative estimate of drug-likeness (QED) is 0.118. The van der Waals surface area contributed by atoms with Gasteiger partial charge in [0.1, 0.15) is 5.58 Å². The Labute approximate surface area is 338 Å². The van der Waals surface area contributed by atoms with Crippen LogP contribution in [0.5, 0.6) is 0 Å². The van der Waals surface area contributed by atoms with Crippen molar-refractivity contribution in [1.29, 1.82) is 0 Å². The molecule has 273 valence electrons. The summed E-state index contributed by atoms with van der Waals surface area (Å²) >= 11 is -2.24. The van der Waals surface area contributed by atoms with Crippen LogP contribution in [-0.4, -0.2) is 23.2 Å². The summed E-state index contributed by atoms with van der Waals surface area (Å²) in [6.45, 7) is 5.88. The van der Waals surface area contributed by atoms with Crippen LogP contribution in [0.15, 0.2) is 120 Å². The number of benzene rings is 4. The second kappa shape index (κ2) is 16.7. The van der Waals surface area contributed by atoms with Crippen LogP contribution in [0.1, 0.15) is 63.1 Å². The standard InChI is InChI=1S/C29H24NO.C19H26GeN.Ir/c1-2-9-22(10-3-1)23-13-14-24-25-11-6-12-26(29(25)31-28(24)19-23)27-18-21(15-16-30-27)17-20-7-4-5-8-20;1-19(2,3)13-16-12-18(15-10-8-7-9-11-15)21-14-17(16)20(4,5)6;/h1-3,6,9-11,13-16,18-20H,4-5,7-8,17H2;7-10,12,14H,13H2,1-6H3;/q2*-1;/i17D2;13D2;. The third kappa shape index (κ3) is 9.46. The van der Waals surface area contributed by atoms with Crippen LogP contribution in [0, 0.1) is 23.5 Å². The maximum atomic E-state index is 8.78. The summed E-state index contributed by atoms with van der Waals surface area (Å²) in [5, 5.41) is 2.07. The Hall–Kier alpha value is -3.83. The Bertz CT molecular complexity index is 2470. The van der Waals surface area contributed by atoms with E-state index >= 15 is 0 Å². The van der Waals surface area contributed by atoms with Crippen molar-refractivity contribution in [3.63, 3.8) is 0 Å². The Balaban J connectivity index is 0.000000203. The second-order valence-electron chi connectivity index (χ2n) is 15.8. The van der Waals surface area contributed by atoms with Crippen LogP contribution < -0.4 is 4.40 Å². The number of nitrogens with zero attached hydrogens (tertiary/aromatic N) is 2. The van der Waals surface area contributed by atoms with Gasteiger partial charge in [0.25, 0.3) is 0 Å². The molecule has 8 rings (SSSR count). The molecule has 0 bridgehead atoms. The van der Waals surface area contributed by atoms with E-state index in [9.17, 15) is 0 Å². The zero-order valence-electron chi connectivity index (χ0n) is 35.5. The molecule has 0 aliphatic heterocycles. The average Bonchev–Trinajstić information content (AvgIpc) is 3.87. The monoisotopic (exact) mass is 941 g/mol. The van der Waals surface area contributed by atoms with Crippen LogP contribution in [0.3, 0.4) is 0 Å². The van der Waals surface area contributed by atoms with Crippen LogP contribution in [0.2, 0.25) is 17.3 Å². The third-order valence-corrected chi connectivity index (χ3v) is 13.7. The summed E-state index contributed by atoms with van der Waals surface area (Å²) in [6.07, 6.45) is 4.96. The molecule has 3 heterocycles. The van der Waals surface area contributed by atoms with Gasteiger partial charge in [-0.05, 0) is 41.2 Å². The molecule has 7 aromatic rings. The van der Waals surface area contributed by atoms with Gasteiger partial charge in [0.05, 0.1) is 5.58 Å². The minimum absolute atomic E-state index is 0. The number of hydrogen-bond donors (Lipinski definition) is 0. The molecule has 1 radical (unpaired) electrons. The maximum Gasteiger partial charge on any atom is 0.121 e. The summed E-state index contributed by atoms with van der Waals surface area (Å²) in [5.41, 5.74) is 8.01. The molecule has 4 aromatic carbocycles. The smallest absolute Gasteiger partial charge is 0.121 e. The second-order valence-corrected chi connectivity index (χ2v) is 26.4. The predicted molar refractivity (Wildman–Crippen MR) is 222 cm³/mol. The summed E-state index contributed by atoms with van der Waals surface area (Å²) in [4.78, 5) is 9.20. The average molecular weight is 940 g/mol. The number of aromatic nitrogens is 2. The van der Waals surface area contributed by atoms with Crippen LogP contribution in [0.4, 0.5) is 0 Å². The number of rotatable bonds is 7. The first-order chi connectivity index (χ1) is 26.6. The topological polar surface area (TPSA) is 38.9 Å². The molecular weight excluding hydrogens is 885 g/mol. The van der Waals surface area contributed by atoms with Crippen molar-refractivity contribution in [3.05, 3.63) is 139 Å². The fourth-order valence-corrected chi connectivity index (χ4v) is 9.89. The van der Waals surface area contributed by atoms with E-state index in [0.717, 1.165) is 85.5 Å². The predicted octanol–water partition coefficient (Wildman–Crippen LogP) is 12.5. The Kier molecular flexibility index (Phi) is 10.6. The minimum atomic E-state index is -2.24. The maximum absolute atomic E-state index is 8.78. The van der Waals surface area contributed by atoms with E-state index in [0.29, 0.717) is 11.3 Å². The summed E-state index contributed by atoms with van der Waals surface area (Å²) in [7, 11) is 0. The van der Waals surface area contributed by atoms with E-state index in [-0.39, 0.29) is 26.0 Å². The van der Waals surface area contributed by atoms with Crippen LogP contribution in [-0.2, 0) is 32.9 Å². The van der Waals surface area contributed by atoms with Gasteiger partial charge in [0.15, 0.2) is 0 Å². The van der Waals surface area contributed by atoms with Gasteiger partial charge in [-0.2, -0.15) is 0 Å². The van der Waals surface area contributed by atoms with Crippen LogP contribution in [0.25, 0.3) is 55.6 Å². The normalized spacial score (nSPS) is 15.1. The van der Waals surface area contributed by atoms with E-state index in [2.05, 4.69) is 69.7 Å². The summed E-state index contributed by atoms with van der Waals surface area (Å²) in [6, 6.07) is 40.4. The van der Waals surface area contributed by atoms with Gasteiger partial charge >= 0.3 is 135 Å². The van der Waals surface area contributed by atoms with Gasteiger partial charge < -0.3 is 9.40 Å². The fraction of sp³-hybridized carbons (Fsp3) is 0.292. The Morgan fingerprint density at radius 1 is 0.792 bits per heavy atom. The Morgan fingerprint density at radius 3 is 2.28 bits per heavy atom. The summed E-state index contributed by atoms with van der Waals surface area (Å²) in [5.74, 6) is 6.92. The van der Waals surface area contributed by atoms with Crippen molar-refractivity contribution in [3.8, 4) is 33.6 Å². The largest absolute Gasteiger partial charge is 0.501 e. The number of fused-ring (bicyclic) bond motifs is 3. The van der Waals surface area contributed by atoms with Gasteiger partial charge in [-0.15, -0.1) is 18.2 Å². The van der Waals surface area contributed by atoms with Crippen LogP contribution >= 0.6 is 0 Å². The van der Waals surface area contributed by atoms with Crippen molar-refractivity contribution in [2.24, 2.45) is 11.3 Å². The van der Waals surface area contributed by atoms with Crippen molar-refractivity contribution >= 4 is 39.6 Å². The van der Waals surface area contributed by atoms with Crippen molar-refractivity contribution in [1.82, 2.24) is 9.97 Å². The van der Waals surface area contributed by atoms with Crippen molar-refractivity contribution < 1.29 is 30.0 Å². The molecule has 53 heavy (non-hydrogen) atoms. The third-order valence-electron chi connectivity index (χ3n) is 9.49. The first-order valence-electron chi connectivity index (χ1n) is 20.4. The molecule has 0 atom stereocenters. The first-order valence-corrected chi connectivity index (χ1v) is 25.8. The molecule has 3 nitrogen and oxygen atoms in total. The number of hydrogen-bond acceptors (Lipinski definition) is 3. The zero-order chi connectivity index (χ0) is 39.9. The van der Waals surface area contributed by atoms with E-state index in [1.807, 2.05) is 99.8 Å². The molecule has 1 fully saturated rings. The number of furan rings is 1. The molecule has 0 N–H and O–H groups in total. The molecule has 0 amide bonds. The van der Waals surface area contributed by atoms with Gasteiger partial charge in [0.2, 0.25) is 0 Å². The first kappa shape index (κ1) is 33.7. The van der Waals surface area contributed by atoms with E-state index in [4.69, 9.17) is 9.90 Å². The molecule has 0 unspecified atom stereocenters. The molecule has 3 aromatic heterocycles. The molecule has 1 saturated carbocycles. The minimum Gasteiger partial charge on any atom is -0.501 e. The van der Waals surface area contributed by atoms with Gasteiger partial charge in [-0.25, -0.2) is 0 Å². The number of pyridine rings is 2. The zero-order valence-corrected chi connectivity index (χ0v) is 36.0. The molecule has 0 spiro atoms.